The van der Waals surface area contributed by atoms with Gasteiger partial charge in [0.25, 0.3) is 0 Å². The molecule has 0 amide bonds. The van der Waals surface area contributed by atoms with E-state index >= 15 is 0 Å². The number of hydrogen-bond donors (Lipinski definition) is 0. The van der Waals surface area contributed by atoms with Crippen molar-refractivity contribution in [3.63, 3.8) is 0 Å². The van der Waals surface area contributed by atoms with Crippen molar-refractivity contribution in [2.24, 2.45) is 0 Å². The zero-order valence-corrected chi connectivity index (χ0v) is 13.9. The van der Waals surface area contributed by atoms with E-state index in [1.54, 1.807) is 0 Å². The Morgan fingerprint density at radius 2 is 1.00 bits per heavy atom. The molecule has 0 spiro atoms. The van der Waals surface area contributed by atoms with Gasteiger partial charge in [-0.3, -0.25) is 0 Å². The SMILES string of the molecule is [Dy].[Er].[Gd].[Ho].[Tb].[Tm]. The Morgan fingerprint density at radius 1 is 1.00 bits per heavy atom. The summed E-state index contributed by atoms with van der Waals surface area (Å²) in [6, 6.07) is 0. The van der Waals surface area contributed by atoms with E-state index in [0.29, 0.717) is 0 Å². The quantitative estimate of drug-likeness (QED) is 0.301. The Morgan fingerprint density at radius 3 is 1.00 bits per heavy atom. The summed E-state index contributed by atoms with van der Waals surface area (Å²) in [5.74, 6) is 0. The van der Waals surface area contributed by atoms with Crippen molar-refractivity contribution in [1.82, 2.24) is 0 Å². The minimum Gasteiger partial charge on any atom is 0 e. The van der Waals surface area contributed by atoms with Gasteiger partial charge in [-0.2, -0.15) is 0 Å². The van der Waals surface area contributed by atoms with Crippen molar-refractivity contribution in [3.05, 3.63) is 0 Å². The zero-order valence-electron chi connectivity index (χ0n) is 1.87. The predicted octanol–water partition coefficient (Wildman–Crippen LogP) is 0. The van der Waals surface area contributed by atoms with E-state index < -0.39 is 0 Å². The van der Waals surface area contributed by atoms with Crippen LogP contribution < -0.4 is 0 Å². The standard InChI is InChI=1S/Dy.Er.Gd.Ho.Tb.Tm. The molecule has 3 radical (unpaired) electrons. The molecule has 0 aliphatic carbocycles. The van der Waals surface area contributed by atoms with Gasteiger partial charge in [0.1, 0.15) is 0 Å². The van der Waals surface area contributed by atoms with Gasteiger partial charge in [0.05, 0.1) is 0 Å². The average Bonchev–Trinajstić information content (AvgIpc) is 0. The van der Waals surface area contributed by atoms with Crippen molar-refractivity contribution in [2.75, 3.05) is 0 Å². The van der Waals surface area contributed by atoms with Crippen molar-refractivity contribution in [3.8, 4) is 0 Å². The maximum atomic E-state index is 0. The van der Waals surface area contributed by atoms with E-state index in [4.69, 9.17) is 0 Å². The molecule has 63 valence electrons. The Bertz CT molecular complexity index is 15.5. The van der Waals surface area contributed by atoms with Crippen LogP contribution in [0.5, 0.6) is 0 Å². The summed E-state index contributed by atoms with van der Waals surface area (Å²) < 4.78 is 0. The van der Waals surface area contributed by atoms with Crippen LogP contribution in [-0.2, 0) is 0 Å². The van der Waals surface area contributed by atoms with Crippen LogP contribution in [0.1, 0.15) is 0 Å². The largest absolute Gasteiger partial charge is 0 e. The third-order valence-electron chi connectivity index (χ3n) is 0. The van der Waals surface area contributed by atoms with E-state index in [9.17, 15) is 0 Å². The summed E-state index contributed by atoms with van der Waals surface area (Å²) >= 11 is 0. The Hall–Kier alpha value is 7.62. The molecular weight excluding hydrogens is 980 g/mol. The van der Waals surface area contributed by atoms with Crippen LogP contribution in [0.4, 0.5) is 0 Å². The van der Waals surface area contributed by atoms with Gasteiger partial charge in [-0.15, -0.1) is 0 Å². The van der Waals surface area contributed by atoms with Crippen LogP contribution in [-0.4, -0.2) is 0 Å². The summed E-state index contributed by atoms with van der Waals surface area (Å²) in [6.07, 6.45) is 0. The van der Waals surface area contributed by atoms with E-state index in [-0.39, 0.29) is 229 Å². The van der Waals surface area contributed by atoms with Gasteiger partial charge in [0.15, 0.2) is 0 Å². The van der Waals surface area contributed by atoms with Crippen molar-refractivity contribution < 1.29 is 229 Å². The molecule has 0 aromatic rings. The first-order valence-electron chi connectivity index (χ1n) is 0. The fourth-order valence-corrected chi connectivity index (χ4v) is 0. The maximum absolute atomic E-state index is 0. The second kappa shape index (κ2) is 29.3. The molecule has 6 heavy (non-hydrogen) atoms. The van der Waals surface area contributed by atoms with Crippen LogP contribution >= 0.6 is 0 Å². The smallest absolute Gasteiger partial charge is 0 e. The Kier molecular flexibility index (Phi) is 183. The van der Waals surface area contributed by atoms with Crippen LogP contribution in [0.25, 0.3) is 0 Å². The summed E-state index contributed by atoms with van der Waals surface area (Å²) in [7, 11) is 0. The fourth-order valence-electron chi connectivity index (χ4n) is 0. The van der Waals surface area contributed by atoms with E-state index in [1.807, 2.05) is 0 Å². The van der Waals surface area contributed by atoms with Crippen LogP contribution in [0, 0.1) is 229 Å². The molecule has 6 heteroatoms. The van der Waals surface area contributed by atoms with E-state index in [0.717, 1.165) is 0 Å². The zero-order chi connectivity index (χ0) is 0. The predicted molar refractivity (Wildman–Crippen MR) is 0 cm³/mol. The molecule has 0 aliphatic heterocycles. The molecule has 0 saturated carbocycles. The molecule has 0 aromatic carbocycles. The summed E-state index contributed by atoms with van der Waals surface area (Å²) in [5, 5.41) is 0. The van der Waals surface area contributed by atoms with Gasteiger partial charge < -0.3 is 0 Å². The molecule has 0 aromatic heterocycles. The first kappa shape index (κ1) is 37.4. The van der Waals surface area contributed by atoms with Gasteiger partial charge >= 0.3 is 0 Å². The van der Waals surface area contributed by atoms with Crippen molar-refractivity contribution in [2.45, 2.75) is 0 Å². The third kappa shape index (κ3) is 22.6. The topological polar surface area (TPSA) is 0 Å². The van der Waals surface area contributed by atoms with Gasteiger partial charge in [0.2, 0.25) is 0 Å². The first-order valence-corrected chi connectivity index (χ1v) is 0. The number of hydrogen-bond acceptors (Lipinski definition) is 0. The molecule has 0 atom stereocenters. The van der Waals surface area contributed by atoms with E-state index in [1.165, 1.54) is 0 Å². The molecular formula is DyErGdHoTbTm. The van der Waals surface area contributed by atoms with Crippen molar-refractivity contribution >= 4 is 0 Å². The average molecular weight is 980 g/mol. The fraction of sp³-hybridized carbons (Fsp3) is 0. The minimum absolute atomic E-state index is 0. The Balaban J connectivity index is 0. The summed E-state index contributed by atoms with van der Waals surface area (Å²) in [4.78, 5) is 0. The van der Waals surface area contributed by atoms with Gasteiger partial charge in [0, 0.05) is 229 Å². The second-order valence-electron chi connectivity index (χ2n) is 0. The van der Waals surface area contributed by atoms with Crippen LogP contribution in [0.2, 0.25) is 0 Å². The molecule has 0 saturated heterocycles. The summed E-state index contributed by atoms with van der Waals surface area (Å²) in [5.41, 5.74) is 0. The number of rotatable bonds is 0. The normalized spacial score (nSPS) is 0. The van der Waals surface area contributed by atoms with Crippen LogP contribution in [0.3, 0.4) is 0 Å². The van der Waals surface area contributed by atoms with Crippen molar-refractivity contribution in [1.29, 1.82) is 0 Å². The molecule has 0 fully saturated rings. The molecule has 0 aliphatic rings. The van der Waals surface area contributed by atoms with Gasteiger partial charge in [-0.05, 0) is 0 Å². The molecule has 0 heterocycles. The first-order chi connectivity index (χ1) is 0. The van der Waals surface area contributed by atoms with E-state index in [2.05, 4.69) is 0 Å². The molecule has 0 nitrogen and oxygen atoms in total. The summed E-state index contributed by atoms with van der Waals surface area (Å²) in [6.45, 7) is 0. The maximum Gasteiger partial charge on any atom is 0 e. The molecule has 0 bridgehead atoms. The third-order valence-corrected chi connectivity index (χ3v) is 0. The van der Waals surface area contributed by atoms with Gasteiger partial charge in [-0.25, -0.2) is 0 Å². The minimum atomic E-state index is 0. The molecule has 0 N–H and O–H groups in total. The monoisotopic (exact) mass is 981 g/mol. The molecule has 0 rings (SSSR count). The van der Waals surface area contributed by atoms with Gasteiger partial charge in [-0.1, -0.05) is 0 Å². The van der Waals surface area contributed by atoms with Crippen LogP contribution in [0.15, 0.2) is 0 Å². The molecule has 0 unspecified atom stereocenters. The Labute approximate surface area is 220 Å². The second-order valence-corrected chi connectivity index (χ2v) is 0.